The summed E-state index contributed by atoms with van der Waals surface area (Å²) in [5.41, 5.74) is 0.733. The van der Waals surface area contributed by atoms with Gasteiger partial charge in [-0.15, -0.1) is 10.2 Å². The van der Waals surface area contributed by atoms with Crippen LogP contribution in [0, 0.1) is 0 Å². The maximum Gasteiger partial charge on any atom is 0.324 e. The molecule has 0 aliphatic heterocycles. The van der Waals surface area contributed by atoms with Gasteiger partial charge in [0.1, 0.15) is 6.04 Å². The number of nitrogens with one attached hydrogen (secondary N) is 1. The number of benzene rings is 2. The summed E-state index contributed by atoms with van der Waals surface area (Å²) >= 11 is 5.75. The molecule has 0 aliphatic rings. The van der Waals surface area contributed by atoms with E-state index in [-0.39, 0.29) is 17.4 Å². The lowest BCUT2D eigenvalue weighted by Crippen LogP contribution is -2.39. The number of esters is 1. The Labute approximate surface area is 166 Å². The molecule has 0 radical (unpaired) electrons. The summed E-state index contributed by atoms with van der Waals surface area (Å²) in [5.74, 6) is -0.389. The van der Waals surface area contributed by atoms with Gasteiger partial charge in [0.25, 0.3) is 5.89 Å². The zero-order chi connectivity index (χ0) is 20.1. The number of hydrogen-bond acceptors (Lipinski definition) is 7. The summed E-state index contributed by atoms with van der Waals surface area (Å²) in [6.07, 6.45) is 0. The molecule has 0 fully saturated rings. The van der Waals surface area contributed by atoms with Gasteiger partial charge in [-0.25, -0.2) is 8.42 Å². The monoisotopic (exact) mass is 421 g/mol. The van der Waals surface area contributed by atoms with Gasteiger partial charge in [0.05, 0.1) is 4.90 Å². The van der Waals surface area contributed by atoms with Crippen molar-refractivity contribution in [3.05, 3.63) is 65.5 Å². The summed E-state index contributed by atoms with van der Waals surface area (Å²) in [6, 6.07) is 13.6. The first kappa shape index (κ1) is 20.0. The average molecular weight is 422 g/mol. The number of halogens is 1. The Kier molecular flexibility index (Phi) is 6.08. The highest BCUT2D eigenvalue weighted by atomic mass is 35.5. The SMILES string of the molecule is C[C@H](NS(=O)(=O)c1ccc(Cl)cc1)C(=O)OCc1nnc(-c2ccccc2)o1. The number of ether oxygens (including phenoxy) is 1. The average Bonchev–Trinajstić information content (AvgIpc) is 3.16. The number of sulfonamides is 1. The van der Waals surface area contributed by atoms with Crippen LogP contribution in [0.15, 0.2) is 63.9 Å². The fourth-order valence-corrected chi connectivity index (χ4v) is 3.55. The third-order valence-electron chi connectivity index (χ3n) is 3.63. The van der Waals surface area contributed by atoms with Gasteiger partial charge in [-0.3, -0.25) is 4.79 Å². The van der Waals surface area contributed by atoms with E-state index in [4.69, 9.17) is 20.8 Å². The van der Waals surface area contributed by atoms with Gasteiger partial charge in [-0.05, 0) is 43.3 Å². The lowest BCUT2D eigenvalue weighted by Gasteiger charge is -2.13. The van der Waals surface area contributed by atoms with E-state index in [2.05, 4.69) is 14.9 Å². The van der Waals surface area contributed by atoms with Gasteiger partial charge in [0, 0.05) is 10.6 Å². The van der Waals surface area contributed by atoms with Crippen LogP contribution in [0.5, 0.6) is 0 Å². The first-order chi connectivity index (χ1) is 13.3. The van der Waals surface area contributed by atoms with Crippen LogP contribution in [0.25, 0.3) is 11.5 Å². The molecule has 0 spiro atoms. The van der Waals surface area contributed by atoms with Crippen molar-refractivity contribution in [2.75, 3.05) is 0 Å². The van der Waals surface area contributed by atoms with Gasteiger partial charge in [0.15, 0.2) is 6.61 Å². The van der Waals surface area contributed by atoms with E-state index < -0.39 is 22.0 Å². The number of carbonyl (C=O) groups is 1. The summed E-state index contributed by atoms with van der Waals surface area (Å²) in [4.78, 5) is 12.1. The van der Waals surface area contributed by atoms with Gasteiger partial charge >= 0.3 is 5.97 Å². The molecule has 1 N–H and O–H groups in total. The van der Waals surface area contributed by atoms with Crippen molar-refractivity contribution in [2.45, 2.75) is 24.5 Å². The minimum absolute atomic E-state index is 0.0130. The molecule has 8 nitrogen and oxygen atoms in total. The van der Waals surface area contributed by atoms with Crippen LogP contribution in [0.2, 0.25) is 5.02 Å². The molecule has 2 aromatic carbocycles. The van der Waals surface area contributed by atoms with Crippen LogP contribution >= 0.6 is 11.6 Å². The van der Waals surface area contributed by atoms with E-state index in [0.29, 0.717) is 10.9 Å². The highest BCUT2D eigenvalue weighted by molar-refractivity contribution is 7.89. The van der Waals surface area contributed by atoms with E-state index >= 15 is 0 Å². The van der Waals surface area contributed by atoms with Gasteiger partial charge in [-0.2, -0.15) is 4.72 Å². The first-order valence-corrected chi connectivity index (χ1v) is 10.0. The maximum atomic E-state index is 12.3. The Balaban J connectivity index is 1.57. The number of carbonyl (C=O) groups excluding carboxylic acids is 1. The predicted molar refractivity (Wildman–Crippen MR) is 101 cm³/mol. The molecular weight excluding hydrogens is 406 g/mol. The molecule has 1 aromatic heterocycles. The standard InChI is InChI=1S/C18H16ClN3O5S/c1-12(22-28(24,25)15-9-7-14(19)8-10-15)18(23)26-11-16-20-21-17(27-16)13-5-3-2-4-6-13/h2-10,12,22H,11H2,1H3/t12-/m0/s1. The number of aromatic nitrogens is 2. The molecule has 0 bridgehead atoms. The Morgan fingerprint density at radius 3 is 2.50 bits per heavy atom. The number of nitrogens with zero attached hydrogens (tertiary/aromatic N) is 2. The van der Waals surface area contributed by atoms with Gasteiger partial charge in [-0.1, -0.05) is 29.8 Å². The summed E-state index contributed by atoms with van der Waals surface area (Å²) in [5, 5.41) is 8.10. The number of hydrogen-bond donors (Lipinski definition) is 1. The van der Waals surface area contributed by atoms with Crippen molar-refractivity contribution < 1.29 is 22.4 Å². The summed E-state index contributed by atoms with van der Waals surface area (Å²) < 4.78 is 37.3. The second-order valence-corrected chi connectivity index (χ2v) is 7.92. The van der Waals surface area contributed by atoms with Crippen molar-refractivity contribution >= 4 is 27.6 Å². The van der Waals surface area contributed by atoms with Crippen LogP contribution in [0.4, 0.5) is 0 Å². The van der Waals surface area contributed by atoms with Gasteiger partial charge in [0.2, 0.25) is 15.9 Å². The smallest absolute Gasteiger partial charge is 0.324 e. The van der Waals surface area contributed by atoms with Crippen molar-refractivity contribution in [1.29, 1.82) is 0 Å². The Hall–Kier alpha value is -2.75. The largest absolute Gasteiger partial charge is 0.454 e. The Morgan fingerprint density at radius 2 is 1.82 bits per heavy atom. The molecule has 3 aromatic rings. The molecule has 1 atom stereocenters. The highest BCUT2D eigenvalue weighted by Gasteiger charge is 2.23. The summed E-state index contributed by atoms with van der Waals surface area (Å²) in [6.45, 7) is 1.10. The lowest BCUT2D eigenvalue weighted by atomic mass is 10.2. The molecule has 0 saturated heterocycles. The first-order valence-electron chi connectivity index (χ1n) is 8.17. The molecule has 0 aliphatic carbocycles. The maximum absolute atomic E-state index is 12.3. The van der Waals surface area contributed by atoms with E-state index in [0.717, 1.165) is 5.56 Å². The van der Waals surface area contributed by atoms with Crippen LogP contribution in [0.1, 0.15) is 12.8 Å². The molecule has 0 unspecified atom stereocenters. The summed E-state index contributed by atoms with van der Waals surface area (Å²) in [7, 11) is -3.90. The molecule has 146 valence electrons. The molecule has 10 heteroatoms. The fraction of sp³-hybridized carbons (Fsp3) is 0.167. The highest BCUT2D eigenvalue weighted by Crippen LogP contribution is 2.17. The molecule has 3 rings (SSSR count). The van der Waals surface area contributed by atoms with Crippen molar-refractivity contribution in [3.8, 4) is 11.5 Å². The fourth-order valence-electron chi connectivity index (χ4n) is 2.23. The van der Waals surface area contributed by atoms with Crippen molar-refractivity contribution in [3.63, 3.8) is 0 Å². The van der Waals surface area contributed by atoms with E-state index in [9.17, 15) is 13.2 Å². The van der Waals surface area contributed by atoms with E-state index in [1.54, 1.807) is 12.1 Å². The second-order valence-electron chi connectivity index (χ2n) is 5.77. The van der Waals surface area contributed by atoms with Crippen LogP contribution in [-0.2, 0) is 26.2 Å². The third kappa shape index (κ3) is 4.94. The topological polar surface area (TPSA) is 111 Å². The van der Waals surface area contributed by atoms with Crippen LogP contribution < -0.4 is 4.72 Å². The van der Waals surface area contributed by atoms with E-state index in [1.165, 1.54) is 31.2 Å². The zero-order valence-corrected chi connectivity index (χ0v) is 16.3. The normalized spacial score (nSPS) is 12.5. The predicted octanol–water partition coefficient (Wildman–Crippen LogP) is 2.80. The molecule has 0 saturated carbocycles. The van der Waals surface area contributed by atoms with Crippen LogP contribution in [-0.4, -0.2) is 30.6 Å². The molecule has 1 heterocycles. The minimum Gasteiger partial charge on any atom is -0.454 e. The number of rotatable bonds is 7. The van der Waals surface area contributed by atoms with E-state index in [1.807, 2.05) is 18.2 Å². The van der Waals surface area contributed by atoms with Crippen molar-refractivity contribution in [1.82, 2.24) is 14.9 Å². The van der Waals surface area contributed by atoms with Crippen molar-refractivity contribution in [2.24, 2.45) is 0 Å². The molecule has 28 heavy (non-hydrogen) atoms. The third-order valence-corrected chi connectivity index (χ3v) is 5.44. The Morgan fingerprint density at radius 1 is 1.14 bits per heavy atom. The lowest BCUT2D eigenvalue weighted by molar-refractivity contribution is -0.147. The second kappa shape index (κ2) is 8.51. The van der Waals surface area contributed by atoms with Gasteiger partial charge < -0.3 is 9.15 Å². The quantitative estimate of drug-likeness (QED) is 0.584. The zero-order valence-electron chi connectivity index (χ0n) is 14.7. The molecule has 0 amide bonds. The minimum atomic E-state index is -3.90. The van der Waals surface area contributed by atoms with Crippen LogP contribution in [0.3, 0.4) is 0 Å². The Bertz CT molecular complexity index is 1050. The molecular formula is C18H16ClN3O5S.